The molecule has 0 aliphatic rings. The first-order chi connectivity index (χ1) is 6.65. The Morgan fingerprint density at radius 2 is 2.29 bits per heavy atom. The standard InChI is InChI=1S/C10H13BrN2O/c1-3-9(13-14)6-10-5-8(11)4-7(2)12-10/h4-5,14H,3,6H2,1-2H3. The summed E-state index contributed by atoms with van der Waals surface area (Å²) in [6, 6.07) is 3.89. The molecule has 1 aromatic rings. The van der Waals surface area contributed by atoms with Crippen LogP contribution in [0.4, 0.5) is 0 Å². The van der Waals surface area contributed by atoms with Crippen molar-refractivity contribution in [1.29, 1.82) is 0 Å². The summed E-state index contributed by atoms with van der Waals surface area (Å²) >= 11 is 3.40. The van der Waals surface area contributed by atoms with Gasteiger partial charge in [-0.2, -0.15) is 0 Å². The summed E-state index contributed by atoms with van der Waals surface area (Å²) in [5, 5.41) is 11.9. The van der Waals surface area contributed by atoms with Gasteiger partial charge >= 0.3 is 0 Å². The molecule has 4 heteroatoms. The maximum Gasteiger partial charge on any atom is 0.0627 e. The third-order valence-corrected chi connectivity index (χ3v) is 2.36. The van der Waals surface area contributed by atoms with Gasteiger partial charge in [-0.25, -0.2) is 0 Å². The van der Waals surface area contributed by atoms with Crippen LogP contribution < -0.4 is 0 Å². The third-order valence-electron chi connectivity index (χ3n) is 1.91. The molecule has 0 saturated heterocycles. The first-order valence-corrected chi connectivity index (χ1v) is 5.28. The average molecular weight is 257 g/mol. The minimum Gasteiger partial charge on any atom is -0.411 e. The lowest BCUT2D eigenvalue weighted by Crippen LogP contribution is -2.04. The zero-order chi connectivity index (χ0) is 10.6. The minimum atomic E-state index is 0.604. The maximum absolute atomic E-state index is 8.67. The van der Waals surface area contributed by atoms with E-state index in [0.29, 0.717) is 6.42 Å². The molecule has 1 heterocycles. The molecule has 3 nitrogen and oxygen atoms in total. The molecule has 76 valence electrons. The van der Waals surface area contributed by atoms with Gasteiger partial charge in [0, 0.05) is 22.3 Å². The molecule has 14 heavy (non-hydrogen) atoms. The molecule has 0 amide bonds. The molecule has 0 aliphatic carbocycles. The lowest BCUT2D eigenvalue weighted by atomic mass is 10.1. The van der Waals surface area contributed by atoms with Gasteiger partial charge in [0.1, 0.15) is 0 Å². The number of hydrogen-bond acceptors (Lipinski definition) is 3. The normalized spacial score (nSPS) is 11.8. The van der Waals surface area contributed by atoms with Crippen molar-refractivity contribution in [2.45, 2.75) is 26.7 Å². The fourth-order valence-corrected chi connectivity index (χ4v) is 1.82. The van der Waals surface area contributed by atoms with Crippen molar-refractivity contribution in [3.05, 3.63) is 28.0 Å². The van der Waals surface area contributed by atoms with Gasteiger partial charge in [0.25, 0.3) is 0 Å². The van der Waals surface area contributed by atoms with E-state index in [9.17, 15) is 0 Å². The van der Waals surface area contributed by atoms with E-state index < -0.39 is 0 Å². The Bertz CT molecular complexity index is 330. The number of hydrogen-bond donors (Lipinski definition) is 1. The summed E-state index contributed by atoms with van der Waals surface area (Å²) in [7, 11) is 0. The lowest BCUT2D eigenvalue weighted by Gasteiger charge is -2.03. The zero-order valence-electron chi connectivity index (χ0n) is 8.29. The van der Waals surface area contributed by atoms with Crippen molar-refractivity contribution in [3.8, 4) is 0 Å². The number of aryl methyl sites for hydroxylation is 1. The average Bonchev–Trinajstić information content (AvgIpc) is 2.12. The second-order valence-electron chi connectivity index (χ2n) is 3.11. The van der Waals surface area contributed by atoms with Crippen LogP contribution in [0.25, 0.3) is 0 Å². The SMILES string of the molecule is CCC(Cc1cc(Br)cc(C)n1)=NO. The Hall–Kier alpha value is -0.900. The molecule has 0 aromatic carbocycles. The Morgan fingerprint density at radius 3 is 2.79 bits per heavy atom. The summed E-state index contributed by atoms with van der Waals surface area (Å²) < 4.78 is 1.01. The van der Waals surface area contributed by atoms with Crippen molar-refractivity contribution >= 4 is 21.6 Å². The highest BCUT2D eigenvalue weighted by molar-refractivity contribution is 9.10. The minimum absolute atomic E-state index is 0.604. The molecule has 0 atom stereocenters. The molecule has 1 N–H and O–H groups in total. The molecule has 0 saturated carbocycles. The highest BCUT2D eigenvalue weighted by atomic mass is 79.9. The maximum atomic E-state index is 8.67. The van der Waals surface area contributed by atoms with E-state index in [-0.39, 0.29) is 0 Å². The van der Waals surface area contributed by atoms with E-state index in [1.807, 2.05) is 26.0 Å². The highest BCUT2D eigenvalue weighted by Crippen LogP contribution is 2.13. The Balaban J connectivity index is 2.86. The van der Waals surface area contributed by atoms with Gasteiger partial charge in [-0.05, 0) is 25.5 Å². The summed E-state index contributed by atoms with van der Waals surface area (Å²) in [5.41, 5.74) is 2.63. The molecule has 0 unspecified atom stereocenters. The summed E-state index contributed by atoms with van der Waals surface area (Å²) in [5.74, 6) is 0. The van der Waals surface area contributed by atoms with Crippen LogP contribution >= 0.6 is 15.9 Å². The van der Waals surface area contributed by atoms with Gasteiger partial charge in [0.2, 0.25) is 0 Å². The van der Waals surface area contributed by atoms with Gasteiger partial charge in [-0.15, -0.1) is 0 Å². The van der Waals surface area contributed by atoms with E-state index in [0.717, 1.165) is 28.0 Å². The van der Waals surface area contributed by atoms with Crippen LogP contribution in [-0.2, 0) is 6.42 Å². The molecular weight excluding hydrogens is 244 g/mol. The molecule has 0 bridgehead atoms. The Labute approximate surface area is 92.0 Å². The van der Waals surface area contributed by atoms with E-state index in [2.05, 4.69) is 26.1 Å². The number of nitrogens with zero attached hydrogens (tertiary/aromatic N) is 2. The number of aromatic nitrogens is 1. The van der Waals surface area contributed by atoms with E-state index in [1.54, 1.807) is 0 Å². The molecule has 1 rings (SSSR count). The van der Waals surface area contributed by atoms with Gasteiger partial charge in [-0.3, -0.25) is 4.98 Å². The van der Waals surface area contributed by atoms with Crippen LogP contribution in [0.2, 0.25) is 0 Å². The second kappa shape index (κ2) is 5.10. The monoisotopic (exact) mass is 256 g/mol. The Morgan fingerprint density at radius 1 is 1.57 bits per heavy atom. The molecule has 0 radical (unpaired) electrons. The fraction of sp³-hybridized carbons (Fsp3) is 0.400. The number of rotatable bonds is 3. The van der Waals surface area contributed by atoms with Gasteiger partial charge in [0.15, 0.2) is 0 Å². The van der Waals surface area contributed by atoms with Crippen LogP contribution in [0.3, 0.4) is 0 Å². The van der Waals surface area contributed by atoms with Crippen LogP contribution in [0, 0.1) is 6.92 Å². The van der Waals surface area contributed by atoms with Gasteiger partial charge in [0.05, 0.1) is 5.71 Å². The first kappa shape index (κ1) is 11.2. The molecule has 0 spiro atoms. The number of oxime groups is 1. The highest BCUT2D eigenvalue weighted by Gasteiger charge is 2.03. The van der Waals surface area contributed by atoms with Crippen molar-refractivity contribution < 1.29 is 5.21 Å². The molecule has 1 aromatic heterocycles. The van der Waals surface area contributed by atoms with Crippen LogP contribution in [0.1, 0.15) is 24.7 Å². The largest absolute Gasteiger partial charge is 0.411 e. The number of halogens is 1. The van der Waals surface area contributed by atoms with E-state index in [4.69, 9.17) is 5.21 Å². The topological polar surface area (TPSA) is 45.5 Å². The third kappa shape index (κ3) is 3.10. The summed E-state index contributed by atoms with van der Waals surface area (Å²) in [4.78, 5) is 4.35. The number of pyridine rings is 1. The quantitative estimate of drug-likeness (QED) is 0.514. The molecule has 0 aliphatic heterocycles. The Kier molecular flexibility index (Phi) is 4.07. The molecular formula is C10H13BrN2O. The molecule has 0 fully saturated rings. The summed E-state index contributed by atoms with van der Waals surface area (Å²) in [6.07, 6.45) is 1.34. The predicted molar refractivity (Wildman–Crippen MR) is 59.9 cm³/mol. The fourth-order valence-electron chi connectivity index (χ4n) is 1.22. The van der Waals surface area contributed by atoms with Crippen molar-refractivity contribution in [2.75, 3.05) is 0 Å². The van der Waals surface area contributed by atoms with Crippen LogP contribution in [0.5, 0.6) is 0 Å². The zero-order valence-corrected chi connectivity index (χ0v) is 9.87. The predicted octanol–water partition coefficient (Wildman–Crippen LogP) is 2.94. The second-order valence-corrected chi connectivity index (χ2v) is 4.03. The van der Waals surface area contributed by atoms with Crippen molar-refractivity contribution in [2.24, 2.45) is 5.16 Å². The lowest BCUT2D eigenvalue weighted by molar-refractivity contribution is 0.316. The van der Waals surface area contributed by atoms with Crippen molar-refractivity contribution in [1.82, 2.24) is 4.98 Å². The van der Waals surface area contributed by atoms with E-state index >= 15 is 0 Å². The smallest absolute Gasteiger partial charge is 0.0627 e. The van der Waals surface area contributed by atoms with Crippen molar-refractivity contribution in [3.63, 3.8) is 0 Å². The first-order valence-electron chi connectivity index (χ1n) is 4.48. The summed E-state index contributed by atoms with van der Waals surface area (Å²) in [6.45, 7) is 3.90. The van der Waals surface area contributed by atoms with Gasteiger partial charge < -0.3 is 5.21 Å². The van der Waals surface area contributed by atoms with Crippen LogP contribution in [0.15, 0.2) is 21.8 Å². The van der Waals surface area contributed by atoms with Gasteiger partial charge in [-0.1, -0.05) is 28.0 Å². The van der Waals surface area contributed by atoms with Crippen LogP contribution in [-0.4, -0.2) is 15.9 Å². The van der Waals surface area contributed by atoms with E-state index in [1.165, 1.54) is 0 Å².